The van der Waals surface area contributed by atoms with E-state index in [9.17, 15) is 4.79 Å². The van der Waals surface area contributed by atoms with Crippen LogP contribution in [0.1, 0.15) is 25.7 Å². The third kappa shape index (κ3) is 4.15. The molecule has 0 spiro atoms. The topological polar surface area (TPSA) is 54.0 Å². The van der Waals surface area contributed by atoms with Crippen LogP contribution in [0.25, 0.3) is 0 Å². The van der Waals surface area contributed by atoms with Crippen LogP contribution in [0.5, 0.6) is 0 Å². The van der Waals surface area contributed by atoms with Crippen LogP contribution in [0.3, 0.4) is 0 Å². The van der Waals surface area contributed by atoms with Gasteiger partial charge in [-0.2, -0.15) is 0 Å². The summed E-state index contributed by atoms with van der Waals surface area (Å²) in [5, 5.41) is 6.15. The average molecular weight is 233 g/mol. The van der Waals surface area contributed by atoms with Crippen LogP contribution in [-0.4, -0.2) is 24.0 Å². The zero-order valence-electron chi connectivity index (χ0n) is 9.98. The van der Waals surface area contributed by atoms with Gasteiger partial charge < -0.3 is 10.6 Å². The smallest absolute Gasteiger partial charge is 0.225 e. The first-order chi connectivity index (χ1) is 8.34. The van der Waals surface area contributed by atoms with Crippen LogP contribution in [0, 0.1) is 5.92 Å². The number of rotatable bonds is 4. The van der Waals surface area contributed by atoms with Crippen molar-refractivity contribution >= 4 is 11.7 Å². The van der Waals surface area contributed by atoms with Gasteiger partial charge in [0.1, 0.15) is 5.82 Å². The van der Waals surface area contributed by atoms with Crippen LogP contribution in [0.2, 0.25) is 0 Å². The van der Waals surface area contributed by atoms with Gasteiger partial charge in [0, 0.05) is 12.6 Å². The van der Waals surface area contributed by atoms with Crippen molar-refractivity contribution in [2.24, 2.45) is 5.92 Å². The summed E-state index contributed by atoms with van der Waals surface area (Å²) in [4.78, 5) is 15.8. The first-order valence-electron chi connectivity index (χ1n) is 6.26. The van der Waals surface area contributed by atoms with Crippen LogP contribution in [0.15, 0.2) is 24.4 Å². The SMILES string of the molecule is O=C(CCC1CCNCC1)Nc1ccccn1. The summed E-state index contributed by atoms with van der Waals surface area (Å²) >= 11 is 0. The molecule has 92 valence electrons. The Morgan fingerprint density at radius 1 is 1.41 bits per heavy atom. The maximum absolute atomic E-state index is 11.7. The molecule has 0 atom stereocenters. The van der Waals surface area contributed by atoms with Crippen molar-refractivity contribution in [3.63, 3.8) is 0 Å². The van der Waals surface area contributed by atoms with Gasteiger partial charge in [0.15, 0.2) is 0 Å². The highest BCUT2D eigenvalue weighted by molar-refractivity contribution is 5.89. The Balaban J connectivity index is 1.70. The molecule has 0 radical (unpaired) electrons. The van der Waals surface area contributed by atoms with Crippen molar-refractivity contribution in [3.05, 3.63) is 24.4 Å². The van der Waals surface area contributed by atoms with E-state index in [0.717, 1.165) is 19.5 Å². The molecule has 0 bridgehead atoms. The third-order valence-corrected chi connectivity index (χ3v) is 3.17. The molecule has 1 aliphatic rings. The molecule has 4 heteroatoms. The van der Waals surface area contributed by atoms with Crippen molar-refractivity contribution < 1.29 is 4.79 Å². The van der Waals surface area contributed by atoms with E-state index in [1.165, 1.54) is 12.8 Å². The van der Waals surface area contributed by atoms with Crippen molar-refractivity contribution in [2.75, 3.05) is 18.4 Å². The number of anilines is 1. The van der Waals surface area contributed by atoms with Crippen molar-refractivity contribution in [1.82, 2.24) is 10.3 Å². The lowest BCUT2D eigenvalue weighted by Gasteiger charge is -2.22. The highest BCUT2D eigenvalue weighted by atomic mass is 16.1. The zero-order chi connectivity index (χ0) is 11.9. The summed E-state index contributed by atoms with van der Waals surface area (Å²) in [5.74, 6) is 1.41. The molecule has 1 aromatic rings. The van der Waals surface area contributed by atoms with E-state index < -0.39 is 0 Å². The molecule has 1 amide bonds. The fraction of sp³-hybridized carbons (Fsp3) is 0.538. The first kappa shape index (κ1) is 12.0. The van der Waals surface area contributed by atoms with Gasteiger partial charge in [0.25, 0.3) is 0 Å². The second-order valence-corrected chi connectivity index (χ2v) is 4.50. The number of carbonyl (C=O) groups is 1. The maximum atomic E-state index is 11.7. The van der Waals surface area contributed by atoms with E-state index in [4.69, 9.17) is 0 Å². The number of hydrogen-bond acceptors (Lipinski definition) is 3. The number of nitrogens with one attached hydrogen (secondary N) is 2. The van der Waals surface area contributed by atoms with Crippen LogP contribution >= 0.6 is 0 Å². The van der Waals surface area contributed by atoms with E-state index >= 15 is 0 Å². The predicted octanol–water partition coefficient (Wildman–Crippen LogP) is 1.80. The minimum Gasteiger partial charge on any atom is -0.317 e. The minimum absolute atomic E-state index is 0.0715. The molecule has 0 saturated carbocycles. The van der Waals surface area contributed by atoms with E-state index in [1.54, 1.807) is 6.20 Å². The molecule has 1 aliphatic heterocycles. The minimum atomic E-state index is 0.0715. The standard InChI is InChI=1S/C13H19N3O/c17-13(16-12-3-1-2-8-15-12)5-4-11-6-9-14-10-7-11/h1-3,8,11,14H,4-7,9-10H2,(H,15,16,17). The predicted molar refractivity (Wildman–Crippen MR) is 67.7 cm³/mol. The molecule has 2 heterocycles. The number of hydrogen-bond donors (Lipinski definition) is 2. The first-order valence-corrected chi connectivity index (χ1v) is 6.26. The summed E-state index contributed by atoms with van der Waals surface area (Å²) in [6.07, 6.45) is 5.65. The van der Waals surface area contributed by atoms with Crippen LogP contribution < -0.4 is 10.6 Å². The summed E-state index contributed by atoms with van der Waals surface area (Å²) in [6, 6.07) is 5.52. The maximum Gasteiger partial charge on any atom is 0.225 e. The van der Waals surface area contributed by atoms with Gasteiger partial charge in [-0.1, -0.05) is 6.07 Å². The Bertz CT molecular complexity index is 347. The van der Waals surface area contributed by atoms with E-state index in [1.807, 2.05) is 18.2 Å². The van der Waals surface area contributed by atoms with E-state index in [-0.39, 0.29) is 5.91 Å². The molecule has 2 rings (SSSR count). The summed E-state index contributed by atoms with van der Waals surface area (Å²) in [7, 11) is 0. The highest BCUT2D eigenvalue weighted by Gasteiger charge is 2.14. The fourth-order valence-electron chi connectivity index (χ4n) is 2.15. The van der Waals surface area contributed by atoms with Gasteiger partial charge in [-0.25, -0.2) is 4.98 Å². The molecule has 0 aromatic carbocycles. The third-order valence-electron chi connectivity index (χ3n) is 3.17. The highest BCUT2D eigenvalue weighted by Crippen LogP contribution is 2.17. The molecule has 17 heavy (non-hydrogen) atoms. The molecule has 4 nitrogen and oxygen atoms in total. The molecule has 0 unspecified atom stereocenters. The normalized spacial score (nSPS) is 16.7. The van der Waals surface area contributed by atoms with Gasteiger partial charge in [0.05, 0.1) is 0 Å². The Hall–Kier alpha value is -1.42. The quantitative estimate of drug-likeness (QED) is 0.833. The largest absolute Gasteiger partial charge is 0.317 e. The van der Waals surface area contributed by atoms with Crippen LogP contribution in [-0.2, 0) is 4.79 Å². The molecule has 1 saturated heterocycles. The van der Waals surface area contributed by atoms with Gasteiger partial charge in [-0.15, -0.1) is 0 Å². The Kier molecular flexibility index (Phi) is 4.50. The van der Waals surface area contributed by atoms with Crippen molar-refractivity contribution in [3.8, 4) is 0 Å². The Labute approximate surface area is 102 Å². The summed E-state index contributed by atoms with van der Waals surface area (Å²) in [5.41, 5.74) is 0. The van der Waals surface area contributed by atoms with Gasteiger partial charge in [-0.05, 0) is 50.4 Å². The molecule has 0 aliphatic carbocycles. The zero-order valence-corrected chi connectivity index (χ0v) is 9.98. The van der Waals surface area contributed by atoms with Gasteiger partial charge in [-0.3, -0.25) is 4.79 Å². The second kappa shape index (κ2) is 6.35. The average Bonchev–Trinajstić information content (AvgIpc) is 2.39. The molecular weight excluding hydrogens is 214 g/mol. The number of aromatic nitrogens is 1. The molecule has 2 N–H and O–H groups in total. The Morgan fingerprint density at radius 2 is 2.24 bits per heavy atom. The number of piperidine rings is 1. The Morgan fingerprint density at radius 3 is 2.94 bits per heavy atom. The lowest BCUT2D eigenvalue weighted by Crippen LogP contribution is -2.28. The number of pyridine rings is 1. The number of amides is 1. The molecule has 1 fully saturated rings. The van der Waals surface area contributed by atoms with Crippen LogP contribution in [0.4, 0.5) is 5.82 Å². The summed E-state index contributed by atoms with van der Waals surface area (Å²) in [6.45, 7) is 2.18. The lowest BCUT2D eigenvalue weighted by atomic mass is 9.93. The molecule has 1 aromatic heterocycles. The lowest BCUT2D eigenvalue weighted by molar-refractivity contribution is -0.116. The second-order valence-electron chi connectivity index (χ2n) is 4.50. The number of carbonyl (C=O) groups excluding carboxylic acids is 1. The molecular formula is C13H19N3O. The van der Waals surface area contributed by atoms with Gasteiger partial charge >= 0.3 is 0 Å². The summed E-state index contributed by atoms with van der Waals surface area (Å²) < 4.78 is 0. The van der Waals surface area contributed by atoms with Crippen molar-refractivity contribution in [2.45, 2.75) is 25.7 Å². The van der Waals surface area contributed by atoms with E-state index in [2.05, 4.69) is 15.6 Å². The number of nitrogens with zero attached hydrogens (tertiary/aromatic N) is 1. The fourth-order valence-corrected chi connectivity index (χ4v) is 2.15. The van der Waals surface area contributed by atoms with Crippen molar-refractivity contribution in [1.29, 1.82) is 0 Å². The monoisotopic (exact) mass is 233 g/mol. The van der Waals surface area contributed by atoms with Gasteiger partial charge in [0.2, 0.25) is 5.91 Å². The van der Waals surface area contributed by atoms with E-state index in [0.29, 0.717) is 18.2 Å².